The first-order chi connectivity index (χ1) is 18.5. The Morgan fingerprint density at radius 3 is 1.68 bits per heavy atom. The molecule has 0 aromatic carbocycles. The quantitative estimate of drug-likeness (QED) is 0.0792. The van der Waals surface area contributed by atoms with Crippen molar-refractivity contribution >= 4 is 0 Å². The van der Waals surface area contributed by atoms with Crippen LogP contribution in [0.1, 0.15) is 182 Å². The summed E-state index contributed by atoms with van der Waals surface area (Å²) in [7, 11) is 2.28. The van der Waals surface area contributed by atoms with Gasteiger partial charge in [0, 0.05) is 0 Å². The van der Waals surface area contributed by atoms with Crippen molar-refractivity contribution in [1.29, 1.82) is 0 Å². The maximum Gasteiger partial charge on any atom is -0.00161 e. The van der Waals surface area contributed by atoms with Crippen LogP contribution in [0.3, 0.4) is 0 Å². The van der Waals surface area contributed by atoms with Crippen molar-refractivity contribution < 1.29 is 0 Å². The molecule has 3 atom stereocenters. The van der Waals surface area contributed by atoms with Crippen LogP contribution in [-0.4, -0.2) is 25.0 Å². The fourth-order valence-corrected chi connectivity index (χ4v) is 7.04. The SMILES string of the molecule is C=C(CC(CCCCCCCCC)CCCCC(C)CC(CCCC)CCCCCC)C1CCN(C)CC1. The first-order valence-electron chi connectivity index (χ1n) is 17.9. The summed E-state index contributed by atoms with van der Waals surface area (Å²) < 4.78 is 0. The molecule has 1 rings (SSSR count). The van der Waals surface area contributed by atoms with Crippen LogP contribution in [0.25, 0.3) is 0 Å². The van der Waals surface area contributed by atoms with Crippen molar-refractivity contribution in [3.63, 3.8) is 0 Å². The molecular formula is C37H73N. The minimum absolute atomic E-state index is 0.792. The Bertz CT molecular complexity index is 517. The molecule has 38 heavy (non-hydrogen) atoms. The molecule has 0 aromatic rings. The van der Waals surface area contributed by atoms with E-state index in [9.17, 15) is 0 Å². The number of nitrogens with zero attached hydrogens (tertiary/aromatic N) is 1. The number of hydrogen-bond acceptors (Lipinski definition) is 1. The molecule has 1 nitrogen and oxygen atoms in total. The lowest BCUT2D eigenvalue weighted by atomic mass is 9.81. The van der Waals surface area contributed by atoms with Gasteiger partial charge in [-0.15, -0.1) is 0 Å². The first kappa shape index (κ1) is 35.7. The van der Waals surface area contributed by atoms with E-state index in [-0.39, 0.29) is 0 Å². The fraction of sp³-hybridized carbons (Fsp3) is 0.946. The summed E-state index contributed by atoms with van der Waals surface area (Å²) in [4.78, 5) is 2.50. The van der Waals surface area contributed by atoms with Crippen molar-refractivity contribution in [3.05, 3.63) is 12.2 Å². The van der Waals surface area contributed by atoms with Crippen LogP contribution in [0.5, 0.6) is 0 Å². The Morgan fingerprint density at radius 2 is 1.08 bits per heavy atom. The largest absolute Gasteiger partial charge is 0.306 e. The van der Waals surface area contributed by atoms with Gasteiger partial charge < -0.3 is 4.90 Å². The monoisotopic (exact) mass is 532 g/mol. The summed E-state index contributed by atoms with van der Waals surface area (Å²) in [6.45, 7) is 16.8. The van der Waals surface area contributed by atoms with Crippen molar-refractivity contribution in [2.45, 2.75) is 182 Å². The van der Waals surface area contributed by atoms with Crippen molar-refractivity contribution in [2.24, 2.45) is 23.7 Å². The highest BCUT2D eigenvalue weighted by atomic mass is 15.1. The molecule has 226 valence electrons. The predicted octanol–water partition coefficient (Wildman–Crippen LogP) is 12.4. The number of rotatable bonds is 26. The van der Waals surface area contributed by atoms with E-state index in [2.05, 4.69) is 46.2 Å². The van der Waals surface area contributed by atoms with Gasteiger partial charge in [-0.3, -0.25) is 0 Å². The average Bonchev–Trinajstić information content (AvgIpc) is 2.91. The third-order valence-electron chi connectivity index (χ3n) is 9.79. The van der Waals surface area contributed by atoms with Crippen molar-refractivity contribution in [2.75, 3.05) is 20.1 Å². The number of likely N-dealkylation sites (tertiary alicyclic amines) is 1. The van der Waals surface area contributed by atoms with E-state index in [1.807, 2.05) is 0 Å². The van der Waals surface area contributed by atoms with Gasteiger partial charge in [-0.2, -0.15) is 0 Å². The molecule has 0 radical (unpaired) electrons. The van der Waals surface area contributed by atoms with E-state index >= 15 is 0 Å². The maximum absolute atomic E-state index is 4.65. The van der Waals surface area contributed by atoms with Crippen LogP contribution in [0.2, 0.25) is 0 Å². The van der Waals surface area contributed by atoms with Crippen LogP contribution in [0, 0.1) is 23.7 Å². The van der Waals surface area contributed by atoms with E-state index in [0.29, 0.717) is 0 Å². The Morgan fingerprint density at radius 1 is 0.632 bits per heavy atom. The minimum Gasteiger partial charge on any atom is -0.306 e. The maximum atomic E-state index is 4.65. The van der Waals surface area contributed by atoms with Crippen LogP contribution >= 0.6 is 0 Å². The Hall–Kier alpha value is -0.300. The normalized spacial score (nSPS) is 17.5. The van der Waals surface area contributed by atoms with Gasteiger partial charge in [0.25, 0.3) is 0 Å². The molecule has 1 saturated heterocycles. The zero-order valence-electron chi connectivity index (χ0n) is 27.3. The fourth-order valence-electron chi connectivity index (χ4n) is 7.04. The van der Waals surface area contributed by atoms with Gasteiger partial charge in [-0.05, 0) is 69.5 Å². The van der Waals surface area contributed by atoms with Gasteiger partial charge in [0.1, 0.15) is 0 Å². The zero-order valence-corrected chi connectivity index (χ0v) is 27.3. The third-order valence-corrected chi connectivity index (χ3v) is 9.79. The second-order valence-electron chi connectivity index (χ2n) is 13.7. The molecule has 1 aliphatic rings. The van der Waals surface area contributed by atoms with E-state index in [0.717, 1.165) is 23.7 Å². The summed E-state index contributed by atoms with van der Waals surface area (Å²) in [6, 6.07) is 0. The number of unbranched alkanes of at least 4 members (excludes halogenated alkanes) is 11. The molecular weight excluding hydrogens is 458 g/mol. The lowest BCUT2D eigenvalue weighted by molar-refractivity contribution is 0.232. The summed E-state index contributed by atoms with van der Waals surface area (Å²) in [5, 5.41) is 0. The molecule has 0 saturated carbocycles. The van der Waals surface area contributed by atoms with Crippen molar-refractivity contribution in [3.8, 4) is 0 Å². The molecule has 0 aliphatic carbocycles. The summed E-state index contributed by atoms with van der Waals surface area (Å²) in [6.07, 6.45) is 34.3. The summed E-state index contributed by atoms with van der Waals surface area (Å²) in [5.74, 6) is 3.59. The zero-order chi connectivity index (χ0) is 27.8. The molecule has 1 heteroatoms. The second-order valence-corrected chi connectivity index (χ2v) is 13.7. The Balaban J connectivity index is 2.41. The minimum atomic E-state index is 0.792. The van der Waals surface area contributed by atoms with Gasteiger partial charge >= 0.3 is 0 Å². The number of piperidine rings is 1. The Labute approximate surface area is 242 Å². The molecule has 0 amide bonds. The van der Waals surface area contributed by atoms with Gasteiger partial charge in [-0.1, -0.05) is 168 Å². The lowest BCUT2D eigenvalue weighted by Crippen LogP contribution is -2.31. The van der Waals surface area contributed by atoms with E-state index in [1.165, 1.54) is 167 Å². The van der Waals surface area contributed by atoms with E-state index in [1.54, 1.807) is 5.57 Å². The van der Waals surface area contributed by atoms with E-state index in [4.69, 9.17) is 0 Å². The smallest absolute Gasteiger partial charge is 0.00161 e. The molecule has 1 aliphatic heterocycles. The molecule has 1 fully saturated rings. The summed E-state index contributed by atoms with van der Waals surface area (Å²) >= 11 is 0. The average molecular weight is 532 g/mol. The standard InChI is InChI=1S/C37H73N/c1-7-10-13-15-16-17-19-25-36(32-34(5)37-27-29-38(6)30-28-37)26-21-20-22-33(4)31-35(23-12-9-3)24-18-14-11-8-2/h33,35-37H,5,7-32H2,1-4,6H3. The summed E-state index contributed by atoms with van der Waals surface area (Å²) in [5.41, 5.74) is 1.60. The van der Waals surface area contributed by atoms with Gasteiger partial charge in [0.2, 0.25) is 0 Å². The highest BCUT2D eigenvalue weighted by Crippen LogP contribution is 2.32. The highest BCUT2D eigenvalue weighted by Gasteiger charge is 2.21. The molecule has 0 spiro atoms. The van der Waals surface area contributed by atoms with Crippen LogP contribution in [0.4, 0.5) is 0 Å². The number of allylic oxidation sites excluding steroid dienone is 1. The second kappa shape index (κ2) is 24.5. The predicted molar refractivity (Wildman–Crippen MR) is 174 cm³/mol. The van der Waals surface area contributed by atoms with Gasteiger partial charge in [-0.25, -0.2) is 0 Å². The van der Waals surface area contributed by atoms with Gasteiger partial charge in [0.15, 0.2) is 0 Å². The lowest BCUT2D eigenvalue weighted by Gasteiger charge is -2.31. The third kappa shape index (κ3) is 18.9. The molecule has 0 bridgehead atoms. The first-order valence-corrected chi connectivity index (χ1v) is 17.9. The van der Waals surface area contributed by atoms with E-state index < -0.39 is 0 Å². The molecule has 1 heterocycles. The molecule has 3 unspecified atom stereocenters. The van der Waals surface area contributed by atoms with Crippen LogP contribution < -0.4 is 0 Å². The van der Waals surface area contributed by atoms with Crippen LogP contribution in [0.15, 0.2) is 12.2 Å². The van der Waals surface area contributed by atoms with Gasteiger partial charge in [0.05, 0.1) is 0 Å². The topological polar surface area (TPSA) is 3.24 Å². The number of hydrogen-bond donors (Lipinski definition) is 0. The van der Waals surface area contributed by atoms with Crippen LogP contribution in [-0.2, 0) is 0 Å². The molecule has 0 N–H and O–H groups in total. The van der Waals surface area contributed by atoms with Crippen molar-refractivity contribution in [1.82, 2.24) is 4.90 Å². The Kier molecular flexibility index (Phi) is 23.0. The molecule has 0 aromatic heterocycles. The highest BCUT2D eigenvalue weighted by molar-refractivity contribution is 5.03.